The SMILES string of the molecule is CC1(n2ccc([C@]3(C)C[C@@H](C(=O)Nc4cnc(-c5ncccn5)c(C(F)(F)F)c4)c4cnc5cc(F)nn5c43)n2)CC1. The quantitative estimate of drug-likeness (QED) is 0.296. The first-order valence-corrected chi connectivity index (χ1v) is 13.2. The number of rotatable bonds is 5. The van der Waals surface area contributed by atoms with Gasteiger partial charge in [0.15, 0.2) is 11.5 Å². The Hall–Kier alpha value is -4.75. The molecule has 0 radical (unpaired) electrons. The Bertz CT molecular complexity index is 1860. The molecule has 7 rings (SSSR count). The summed E-state index contributed by atoms with van der Waals surface area (Å²) < 4.78 is 59.6. The molecular formula is C28H23F4N9O. The zero-order valence-corrected chi connectivity index (χ0v) is 22.4. The Morgan fingerprint density at radius 3 is 2.52 bits per heavy atom. The number of nitrogens with zero attached hydrogens (tertiary/aromatic N) is 8. The molecule has 0 spiro atoms. The highest BCUT2D eigenvalue weighted by Crippen LogP contribution is 2.50. The van der Waals surface area contributed by atoms with Crippen molar-refractivity contribution >= 4 is 17.2 Å². The van der Waals surface area contributed by atoms with Crippen molar-refractivity contribution in [2.24, 2.45) is 0 Å². The number of fused-ring (bicyclic) bond motifs is 3. The second-order valence-electron chi connectivity index (χ2n) is 11.2. The Labute approximate surface area is 235 Å². The zero-order chi connectivity index (χ0) is 29.4. The molecule has 5 aromatic rings. The van der Waals surface area contributed by atoms with E-state index in [2.05, 4.69) is 37.3 Å². The summed E-state index contributed by atoms with van der Waals surface area (Å²) >= 11 is 0. The average molecular weight is 578 g/mol. The van der Waals surface area contributed by atoms with Crippen molar-refractivity contribution in [3.8, 4) is 11.5 Å². The van der Waals surface area contributed by atoms with Gasteiger partial charge in [-0.3, -0.25) is 14.5 Å². The molecule has 214 valence electrons. The Kier molecular flexibility index (Phi) is 5.53. The molecule has 42 heavy (non-hydrogen) atoms. The van der Waals surface area contributed by atoms with Gasteiger partial charge >= 0.3 is 6.18 Å². The first-order chi connectivity index (χ1) is 20.0. The summed E-state index contributed by atoms with van der Waals surface area (Å²) in [6.07, 6.45) is 4.58. The zero-order valence-electron chi connectivity index (χ0n) is 22.4. The maximum Gasteiger partial charge on any atom is 0.418 e. The lowest BCUT2D eigenvalue weighted by Crippen LogP contribution is -2.27. The highest BCUT2D eigenvalue weighted by molar-refractivity contribution is 5.97. The van der Waals surface area contributed by atoms with Crippen LogP contribution in [0.1, 0.15) is 61.5 Å². The van der Waals surface area contributed by atoms with Crippen LogP contribution in [0, 0.1) is 5.95 Å². The molecule has 0 aliphatic heterocycles. The Morgan fingerprint density at radius 1 is 1.05 bits per heavy atom. The third-order valence-corrected chi connectivity index (χ3v) is 8.23. The van der Waals surface area contributed by atoms with E-state index in [1.165, 1.54) is 35.2 Å². The molecule has 2 aliphatic rings. The van der Waals surface area contributed by atoms with E-state index in [1.807, 2.05) is 23.9 Å². The lowest BCUT2D eigenvalue weighted by molar-refractivity contribution is -0.137. The highest BCUT2D eigenvalue weighted by atomic mass is 19.4. The fraction of sp³-hybridized carbons (Fsp3) is 0.321. The van der Waals surface area contributed by atoms with E-state index in [9.17, 15) is 22.4 Å². The minimum absolute atomic E-state index is 0.0711. The molecule has 2 atom stereocenters. The summed E-state index contributed by atoms with van der Waals surface area (Å²) in [5.74, 6) is -2.33. The van der Waals surface area contributed by atoms with Crippen molar-refractivity contribution in [3.05, 3.63) is 83.7 Å². The third-order valence-electron chi connectivity index (χ3n) is 8.23. The molecule has 0 aromatic carbocycles. The van der Waals surface area contributed by atoms with Gasteiger partial charge in [0.25, 0.3) is 0 Å². The molecule has 0 bridgehead atoms. The van der Waals surface area contributed by atoms with E-state index in [-0.39, 0.29) is 29.1 Å². The summed E-state index contributed by atoms with van der Waals surface area (Å²) in [5, 5.41) is 11.4. The summed E-state index contributed by atoms with van der Waals surface area (Å²) in [4.78, 5) is 29.7. The minimum Gasteiger partial charge on any atom is -0.324 e. The largest absolute Gasteiger partial charge is 0.418 e. The number of carbonyl (C=O) groups is 1. The van der Waals surface area contributed by atoms with Gasteiger partial charge < -0.3 is 5.32 Å². The summed E-state index contributed by atoms with van der Waals surface area (Å²) in [5.41, 5.74) is -0.661. The Morgan fingerprint density at radius 2 is 1.81 bits per heavy atom. The number of amides is 1. The van der Waals surface area contributed by atoms with Crippen molar-refractivity contribution in [3.63, 3.8) is 0 Å². The van der Waals surface area contributed by atoms with Gasteiger partial charge in [0.05, 0.1) is 45.7 Å². The standard InChI is InChI=1S/C28H23F4N9O/c1-26(5-6-26)40-9-4-19(38-40)27(2)12-16(17-14-35-21-11-20(29)39-41(21)23(17)27)25(42)37-15-10-18(28(30,31)32)22(36-13-15)24-33-7-3-8-34-24/h3-4,7-11,13-14,16H,5-6,12H2,1-2H3,(H,37,42)/t16-,27+/m1/s1. The maximum atomic E-state index is 14.3. The van der Waals surface area contributed by atoms with Gasteiger partial charge in [0.1, 0.15) is 5.69 Å². The number of nitrogens with one attached hydrogen (secondary N) is 1. The van der Waals surface area contributed by atoms with Gasteiger partial charge in [-0.1, -0.05) is 0 Å². The number of pyridine rings is 1. The number of hydrogen-bond donors (Lipinski definition) is 1. The van der Waals surface area contributed by atoms with Gasteiger partial charge in [-0.05, 0) is 51.3 Å². The maximum absolute atomic E-state index is 14.3. The van der Waals surface area contributed by atoms with Crippen LogP contribution in [0.2, 0.25) is 0 Å². The molecule has 14 heteroatoms. The molecule has 1 N–H and O–H groups in total. The summed E-state index contributed by atoms with van der Waals surface area (Å²) in [6, 6.07) is 5.37. The van der Waals surface area contributed by atoms with Crippen molar-refractivity contribution < 1.29 is 22.4 Å². The second-order valence-corrected chi connectivity index (χ2v) is 11.2. The van der Waals surface area contributed by atoms with Gasteiger partial charge in [-0.2, -0.15) is 22.7 Å². The van der Waals surface area contributed by atoms with Crippen LogP contribution in [0.15, 0.2) is 55.2 Å². The first kappa shape index (κ1) is 26.2. The second kappa shape index (κ2) is 8.87. The molecule has 1 saturated carbocycles. The minimum atomic E-state index is -4.78. The van der Waals surface area contributed by atoms with Crippen LogP contribution >= 0.6 is 0 Å². The summed E-state index contributed by atoms with van der Waals surface area (Å²) in [7, 11) is 0. The van der Waals surface area contributed by atoms with Crippen molar-refractivity contribution in [2.75, 3.05) is 5.32 Å². The number of carbonyl (C=O) groups excluding carboxylic acids is 1. The first-order valence-electron chi connectivity index (χ1n) is 13.2. The van der Waals surface area contributed by atoms with Crippen LogP contribution in [0.4, 0.5) is 23.2 Å². The Balaban J connectivity index is 1.27. The molecular weight excluding hydrogens is 554 g/mol. The molecule has 0 unspecified atom stereocenters. The van der Waals surface area contributed by atoms with Crippen molar-refractivity contribution in [1.82, 2.24) is 39.3 Å². The van der Waals surface area contributed by atoms with E-state index >= 15 is 0 Å². The molecule has 1 amide bonds. The normalized spacial score (nSPS) is 21.0. The fourth-order valence-electron chi connectivity index (χ4n) is 5.71. The number of hydrogen-bond acceptors (Lipinski definition) is 7. The summed E-state index contributed by atoms with van der Waals surface area (Å²) in [6.45, 7) is 4.01. The lowest BCUT2D eigenvalue weighted by atomic mass is 9.82. The van der Waals surface area contributed by atoms with Gasteiger partial charge in [0, 0.05) is 36.4 Å². The molecule has 1 fully saturated rings. The number of anilines is 1. The molecule has 5 aromatic heterocycles. The van der Waals surface area contributed by atoms with E-state index < -0.39 is 40.6 Å². The van der Waals surface area contributed by atoms with E-state index in [0.717, 1.165) is 25.1 Å². The van der Waals surface area contributed by atoms with Crippen LogP contribution in [0.3, 0.4) is 0 Å². The number of halogens is 4. The van der Waals surface area contributed by atoms with Crippen LogP contribution in [0.5, 0.6) is 0 Å². The number of alkyl halides is 3. The molecule has 5 heterocycles. The topological polar surface area (TPSA) is 116 Å². The highest BCUT2D eigenvalue weighted by Gasteiger charge is 2.49. The van der Waals surface area contributed by atoms with Crippen molar-refractivity contribution in [2.45, 2.75) is 56.2 Å². The van der Waals surface area contributed by atoms with Crippen LogP contribution in [-0.2, 0) is 21.9 Å². The lowest BCUT2D eigenvalue weighted by Gasteiger charge is -2.24. The number of aromatic nitrogens is 8. The van der Waals surface area contributed by atoms with Gasteiger partial charge in [-0.25, -0.2) is 19.5 Å². The van der Waals surface area contributed by atoms with E-state index in [4.69, 9.17) is 5.10 Å². The fourth-order valence-corrected chi connectivity index (χ4v) is 5.71. The third kappa shape index (κ3) is 4.11. The van der Waals surface area contributed by atoms with E-state index in [0.29, 0.717) is 17.0 Å². The monoisotopic (exact) mass is 577 g/mol. The van der Waals surface area contributed by atoms with Crippen molar-refractivity contribution in [1.29, 1.82) is 0 Å². The van der Waals surface area contributed by atoms with Gasteiger partial charge in [-0.15, -0.1) is 5.10 Å². The predicted molar refractivity (Wildman–Crippen MR) is 141 cm³/mol. The average Bonchev–Trinajstić information content (AvgIpc) is 3.30. The molecule has 10 nitrogen and oxygen atoms in total. The molecule has 2 aliphatic carbocycles. The predicted octanol–water partition coefficient (Wildman–Crippen LogP) is 4.88. The van der Waals surface area contributed by atoms with E-state index in [1.54, 1.807) is 0 Å². The van der Waals surface area contributed by atoms with Crippen LogP contribution in [-0.4, -0.2) is 45.2 Å². The van der Waals surface area contributed by atoms with Gasteiger partial charge in [0.2, 0.25) is 11.9 Å². The van der Waals surface area contributed by atoms with Crippen LogP contribution < -0.4 is 5.32 Å². The smallest absolute Gasteiger partial charge is 0.324 e. The van der Waals surface area contributed by atoms with Crippen LogP contribution in [0.25, 0.3) is 17.2 Å². The molecule has 0 saturated heterocycles.